The lowest BCUT2D eigenvalue weighted by Crippen LogP contribution is -2.43. The molecule has 1 aromatic carbocycles. The SMILES string of the molecule is Cc1nc(CN(C)C(=O)C[C@]2(c3ccccc3)CC(=O)N(CCCOc3cccnc3)C2=O)cs1. The van der Waals surface area contributed by atoms with Crippen molar-refractivity contribution in [3.8, 4) is 5.75 Å². The van der Waals surface area contributed by atoms with E-state index in [1.54, 1.807) is 36.5 Å². The Morgan fingerprint density at radius 3 is 2.69 bits per heavy atom. The van der Waals surface area contributed by atoms with Gasteiger partial charge in [-0.05, 0) is 31.0 Å². The van der Waals surface area contributed by atoms with E-state index in [-0.39, 0.29) is 37.1 Å². The number of aromatic nitrogens is 2. The number of pyridine rings is 1. The molecule has 0 N–H and O–H groups in total. The lowest BCUT2D eigenvalue weighted by atomic mass is 9.75. The number of likely N-dealkylation sites (tertiary alicyclic amines) is 1. The van der Waals surface area contributed by atoms with Crippen LogP contribution in [0.1, 0.15) is 35.5 Å². The Morgan fingerprint density at radius 2 is 2.00 bits per heavy atom. The van der Waals surface area contributed by atoms with Crippen molar-refractivity contribution in [2.75, 3.05) is 20.2 Å². The first-order valence-corrected chi connectivity index (χ1v) is 12.3. The molecule has 4 rings (SSSR count). The zero-order chi connectivity index (χ0) is 24.8. The number of hydrogen-bond donors (Lipinski definition) is 0. The molecule has 1 saturated heterocycles. The number of carbonyl (C=O) groups excluding carboxylic acids is 3. The van der Waals surface area contributed by atoms with Gasteiger partial charge in [0.25, 0.3) is 0 Å². The van der Waals surface area contributed by atoms with Gasteiger partial charge in [-0.3, -0.25) is 24.3 Å². The maximum absolute atomic E-state index is 13.7. The minimum absolute atomic E-state index is 0.0330. The molecule has 9 heteroatoms. The third-order valence-corrected chi connectivity index (χ3v) is 6.93. The number of hydrogen-bond acceptors (Lipinski definition) is 7. The molecule has 3 heterocycles. The number of rotatable bonds is 10. The van der Waals surface area contributed by atoms with Gasteiger partial charge in [0.1, 0.15) is 5.75 Å². The van der Waals surface area contributed by atoms with Gasteiger partial charge in [-0.1, -0.05) is 30.3 Å². The van der Waals surface area contributed by atoms with Gasteiger partial charge >= 0.3 is 0 Å². The third-order valence-electron chi connectivity index (χ3n) is 6.11. The van der Waals surface area contributed by atoms with Gasteiger partial charge in [0.2, 0.25) is 17.7 Å². The highest BCUT2D eigenvalue weighted by Gasteiger charge is 2.53. The summed E-state index contributed by atoms with van der Waals surface area (Å²) in [5, 5.41) is 2.85. The molecule has 3 aromatic rings. The predicted octanol–water partition coefficient (Wildman–Crippen LogP) is 3.36. The van der Waals surface area contributed by atoms with Crippen molar-refractivity contribution in [2.24, 2.45) is 0 Å². The van der Waals surface area contributed by atoms with Gasteiger partial charge in [-0.25, -0.2) is 4.98 Å². The Bertz CT molecular complexity index is 1180. The zero-order valence-electron chi connectivity index (χ0n) is 19.8. The molecule has 1 aliphatic rings. The van der Waals surface area contributed by atoms with E-state index in [0.717, 1.165) is 10.7 Å². The Balaban J connectivity index is 1.47. The zero-order valence-corrected chi connectivity index (χ0v) is 20.7. The summed E-state index contributed by atoms with van der Waals surface area (Å²) in [4.78, 5) is 51.2. The summed E-state index contributed by atoms with van der Waals surface area (Å²) >= 11 is 1.53. The molecule has 0 aliphatic carbocycles. The smallest absolute Gasteiger partial charge is 0.240 e. The summed E-state index contributed by atoms with van der Waals surface area (Å²) in [6.07, 6.45) is 3.64. The van der Waals surface area contributed by atoms with Crippen LogP contribution in [0.15, 0.2) is 60.2 Å². The van der Waals surface area contributed by atoms with E-state index in [4.69, 9.17) is 4.74 Å². The lowest BCUT2D eigenvalue weighted by molar-refractivity contribution is -0.142. The van der Waals surface area contributed by atoms with E-state index >= 15 is 0 Å². The summed E-state index contributed by atoms with van der Waals surface area (Å²) in [5.41, 5.74) is 0.270. The van der Waals surface area contributed by atoms with Crippen LogP contribution in [0.4, 0.5) is 0 Å². The van der Waals surface area contributed by atoms with Crippen LogP contribution in [-0.4, -0.2) is 57.7 Å². The molecule has 2 aromatic heterocycles. The molecule has 1 fully saturated rings. The van der Waals surface area contributed by atoms with E-state index in [1.165, 1.54) is 16.2 Å². The van der Waals surface area contributed by atoms with E-state index in [9.17, 15) is 14.4 Å². The van der Waals surface area contributed by atoms with Crippen LogP contribution in [0.5, 0.6) is 5.75 Å². The van der Waals surface area contributed by atoms with Crippen LogP contribution in [-0.2, 0) is 26.3 Å². The number of thiazole rings is 1. The van der Waals surface area contributed by atoms with E-state index in [2.05, 4.69) is 9.97 Å². The number of amides is 3. The number of benzene rings is 1. The normalized spacial score (nSPS) is 17.6. The summed E-state index contributed by atoms with van der Waals surface area (Å²) < 4.78 is 5.65. The van der Waals surface area contributed by atoms with Crippen molar-refractivity contribution in [1.29, 1.82) is 0 Å². The highest BCUT2D eigenvalue weighted by molar-refractivity contribution is 7.09. The molecule has 0 saturated carbocycles. The van der Waals surface area contributed by atoms with Gasteiger partial charge in [0.05, 0.1) is 35.5 Å². The molecule has 0 radical (unpaired) electrons. The molecular weight excluding hydrogens is 464 g/mol. The van der Waals surface area contributed by atoms with Crippen molar-refractivity contribution in [3.05, 3.63) is 76.5 Å². The van der Waals surface area contributed by atoms with E-state index in [1.807, 2.05) is 42.6 Å². The van der Waals surface area contributed by atoms with Crippen LogP contribution in [0.2, 0.25) is 0 Å². The van der Waals surface area contributed by atoms with Crippen molar-refractivity contribution >= 4 is 29.1 Å². The first-order valence-electron chi connectivity index (χ1n) is 11.5. The number of ether oxygens (including phenoxy) is 1. The van der Waals surface area contributed by atoms with Crippen LogP contribution < -0.4 is 4.74 Å². The van der Waals surface area contributed by atoms with E-state index in [0.29, 0.717) is 30.9 Å². The van der Waals surface area contributed by atoms with Crippen LogP contribution >= 0.6 is 11.3 Å². The van der Waals surface area contributed by atoms with E-state index < -0.39 is 5.41 Å². The number of carbonyl (C=O) groups is 3. The molecule has 1 aliphatic heterocycles. The second-order valence-electron chi connectivity index (χ2n) is 8.65. The Labute approximate surface area is 208 Å². The Morgan fingerprint density at radius 1 is 1.20 bits per heavy atom. The molecule has 182 valence electrons. The second-order valence-corrected chi connectivity index (χ2v) is 9.71. The average Bonchev–Trinajstić information content (AvgIpc) is 3.38. The van der Waals surface area contributed by atoms with Crippen LogP contribution in [0.25, 0.3) is 0 Å². The quantitative estimate of drug-likeness (QED) is 0.318. The minimum Gasteiger partial charge on any atom is -0.492 e. The van der Waals surface area contributed by atoms with Gasteiger partial charge in [0, 0.05) is 38.0 Å². The molecule has 8 nitrogen and oxygen atoms in total. The van der Waals surface area contributed by atoms with Gasteiger partial charge < -0.3 is 9.64 Å². The molecule has 35 heavy (non-hydrogen) atoms. The fourth-order valence-corrected chi connectivity index (χ4v) is 4.90. The average molecular weight is 493 g/mol. The predicted molar refractivity (Wildman–Crippen MR) is 132 cm³/mol. The lowest BCUT2D eigenvalue weighted by Gasteiger charge is -2.29. The van der Waals surface area contributed by atoms with Gasteiger partial charge in [-0.15, -0.1) is 11.3 Å². The summed E-state index contributed by atoms with van der Waals surface area (Å²) in [6, 6.07) is 12.7. The third kappa shape index (κ3) is 5.57. The molecule has 1 atom stereocenters. The molecule has 0 spiro atoms. The first kappa shape index (κ1) is 24.5. The molecular formula is C26H28N4O4S. The monoisotopic (exact) mass is 492 g/mol. The standard InChI is InChI=1S/C26H28N4O4S/c1-19-28-21(18-35-19)17-29(2)23(31)14-26(20-8-4-3-5-9-20)15-24(32)30(25(26)33)12-7-13-34-22-10-6-11-27-16-22/h3-6,8-11,16,18H,7,12-15,17H2,1-2H3/t26-/m1/s1. The summed E-state index contributed by atoms with van der Waals surface area (Å²) in [5.74, 6) is -0.177. The molecule has 0 unspecified atom stereocenters. The second kappa shape index (κ2) is 10.8. The van der Waals surface area contributed by atoms with Crippen LogP contribution in [0.3, 0.4) is 0 Å². The summed E-state index contributed by atoms with van der Waals surface area (Å²) in [7, 11) is 1.70. The van der Waals surface area contributed by atoms with Crippen molar-refractivity contribution in [1.82, 2.24) is 19.8 Å². The summed E-state index contributed by atoms with van der Waals surface area (Å²) in [6.45, 7) is 2.84. The van der Waals surface area contributed by atoms with Crippen molar-refractivity contribution < 1.29 is 19.1 Å². The Hall–Kier alpha value is -3.59. The highest BCUT2D eigenvalue weighted by Crippen LogP contribution is 2.40. The maximum Gasteiger partial charge on any atom is 0.240 e. The number of aryl methyl sites for hydroxylation is 1. The molecule has 0 bridgehead atoms. The minimum atomic E-state index is -1.22. The van der Waals surface area contributed by atoms with Crippen molar-refractivity contribution in [2.45, 2.75) is 38.1 Å². The number of imide groups is 1. The Kier molecular flexibility index (Phi) is 7.55. The maximum atomic E-state index is 13.7. The van der Waals surface area contributed by atoms with Gasteiger partial charge in [-0.2, -0.15) is 0 Å². The largest absolute Gasteiger partial charge is 0.492 e. The topological polar surface area (TPSA) is 92.7 Å². The highest BCUT2D eigenvalue weighted by atomic mass is 32.1. The van der Waals surface area contributed by atoms with Gasteiger partial charge in [0.15, 0.2) is 0 Å². The molecule has 3 amide bonds. The fraction of sp³-hybridized carbons (Fsp3) is 0.346. The van der Waals surface area contributed by atoms with Crippen LogP contribution in [0, 0.1) is 6.92 Å². The van der Waals surface area contributed by atoms with Crippen molar-refractivity contribution in [3.63, 3.8) is 0 Å². The first-order chi connectivity index (χ1) is 16.9. The fourth-order valence-electron chi connectivity index (χ4n) is 4.30. The number of nitrogens with zero attached hydrogens (tertiary/aromatic N) is 4.